The summed E-state index contributed by atoms with van der Waals surface area (Å²) in [5, 5.41) is 16.2. The molecule has 1 aromatic heterocycles. The van der Waals surface area contributed by atoms with Gasteiger partial charge in [0, 0.05) is 33.0 Å². The summed E-state index contributed by atoms with van der Waals surface area (Å²) in [4.78, 5) is 2.29. The topological polar surface area (TPSA) is 53.3 Å². The fraction of sp³-hybridized carbons (Fsp3) is 0. The number of nitrogens with zero attached hydrogens (tertiary/aromatic N) is 2. The number of fused-ring (bicyclic) bond motifs is 8. The number of para-hydroxylation sites is 3. The maximum absolute atomic E-state index is 9.39. The van der Waals surface area contributed by atoms with E-state index in [0.717, 1.165) is 83.7 Å². The summed E-state index contributed by atoms with van der Waals surface area (Å²) in [6.07, 6.45) is 0. The van der Waals surface area contributed by atoms with Crippen molar-refractivity contribution in [3.05, 3.63) is 205 Å². The molecule has 11 rings (SSSR count). The van der Waals surface area contributed by atoms with Crippen LogP contribution in [0.1, 0.15) is 11.1 Å². The first kappa shape index (κ1) is 31.9. The summed E-state index contributed by atoms with van der Waals surface area (Å²) >= 11 is 0. The average molecular weight is 719 g/mol. The summed E-state index contributed by atoms with van der Waals surface area (Å²) in [7, 11) is 0. The van der Waals surface area contributed by atoms with Crippen molar-refractivity contribution in [1.82, 2.24) is 4.68 Å². The molecular formula is C51H34N4O. The van der Waals surface area contributed by atoms with E-state index in [4.69, 9.17) is 4.74 Å². The van der Waals surface area contributed by atoms with Crippen LogP contribution in [0.2, 0.25) is 0 Å². The van der Waals surface area contributed by atoms with Crippen LogP contribution in [0, 0.1) is 5.41 Å². The summed E-state index contributed by atoms with van der Waals surface area (Å²) in [6, 6.07) is 67.5. The van der Waals surface area contributed by atoms with Crippen molar-refractivity contribution in [2.45, 2.75) is 0 Å². The second-order valence-electron chi connectivity index (χ2n) is 14.2. The van der Waals surface area contributed by atoms with Crippen molar-refractivity contribution < 1.29 is 4.74 Å². The average Bonchev–Trinajstić information content (AvgIpc) is 3.58. The lowest BCUT2D eigenvalue weighted by molar-refractivity contribution is 0.477. The van der Waals surface area contributed by atoms with E-state index in [0.29, 0.717) is 5.71 Å². The van der Waals surface area contributed by atoms with Gasteiger partial charge in [0.1, 0.15) is 0 Å². The minimum atomic E-state index is 0.468. The van der Waals surface area contributed by atoms with Crippen molar-refractivity contribution in [1.29, 1.82) is 5.41 Å². The Kier molecular flexibility index (Phi) is 7.25. The van der Waals surface area contributed by atoms with Crippen molar-refractivity contribution >= 4 is 71.8 Å². The standard InChI is InChI=1S/C51H34N4O/c52-50(35-15-3-1-4-16-35)41-27-23-34-14-8-10-20-40(34)51(41)53-55-43-28-25-36(31-42(43)49-39-19-9-7-13-33(39)24-29-45(49)55)37-26-30-48-46(32-37)54(38-17-5-2-6-18-38)44-21-11-12-22-47(44)56-48/h1-32,52-53H. The highest BCUT2D eigenvalue weighted by atomic mass is 16.5. The van der Waals surface area contributed by atoms with Gasteiger partial charge in [0.2, 0.25) is 0 Å². The van der Waals surface area contributed by atoms with E-state index >= 15 is 0 Å². The van der Waals surface area contributed by atoms with Crippen LogP contribution in [-0.4, -0.2) is 10.4 Å². The van der Waals surface area contributed by atoms with E-state index in [2.05, 4.69) is 161 Å². The van der Waals surface area contributed by atoms with Crippen molar-refractivity contribution in [2.24, 2.45) is 0 Å². The van der Waals surface area contributed by atoms with Crippen LogP contribution < -0.4 is 15.1 Å². The minimum absolute atomic E-state index is 0.468. The number of ether oxygens (including phenoxy) is 1. The third kappa shape index (κ3) is 5.06. The Hall–Kier alpha value is -7.63. The van der Waals surface area contributed by atoms with Crippen LogP contribution in [0.25, 0.3) is 54.5 Å². The molecule has 0 radical (unpaired) electrons. The molecule has 5 heteroatoms. The van der Waals surface area contributed by atoms with E-state index in [9.17, 15) is 5.41 Å². The maximum Gasteiger partial charge on any atom is 0.151 e. The van der Waals surface area contributed by atoms with Gasteiger partial charge in [0.15, 0.2) is 11.5 Å². The molecule has 0 unspecified atom stereocenters. The van der Waals surface area contributed by atoms with Gasteiger partial charge in [-0.05, 0) is 81.9 Å². The molecule has 56 heavy (non-hydrogen) atoms. The van der Waals surface area contributed by atoms with Gasteiger partial charge in [0.05, 0.1) is 33.8 Å². The zero-order valence-corrected chi connectivity index (χ0v) is 30.3. The number of aromatic nitrogens is 1. The van der Waals surface area contributed by atoms with Crippen LogP contribution in [0.4, 0.5) is 22.7 Å². The Labute approximate surface area is 323 Å². The second kappa shape index (κ2) is 12.8. The van der Waals surface area contributed by atoms with Crippen LogP contribution >= 0.6 is 0 Å². The molecule has 10 aromatic rings. The Morgan fingerprint density at radius 2 is 1.11 bits per heavy atom. The third-order valence-corrected chi connectivity index (χ3v) is 11.0. The molecule has 0 fully saturated rings. The number of rotatable bonds is 6. The zero-order valence-electron chi connectivity index (χ0n) is 30.3. The zero-order chi connectivity index (χ0) is 37.2. The SMILES string of the molecule is N=C(c1ccccc1)c1ccc2ccccc2c1Nn1c2ccc(-c3ccc4c(c3)N(c3ccccc3)c3ccccc3O4)cc2c2c3ccccc3ccc21. The van der Waals surface area contributed by atoms with Crippen LogP contribution in [0.3, 0.4) is 0 Å². The normalized spacial score (nSPS) is 12.1. The lowest BCUT2D eigenvalue weighted by Crippen LogP contribution is -2.15. The lowest BCUT2D eigenvalue weighted by atomic mass is 9.97. The molecule has 0 aliphatic carbocycles. The van der Waals surface area contributed by atoms with Gasteiger partial charge < -0.3 is 9.64 Å². The molecule has 2 N–H and O–H groups in total. The van der Waals surface area contributed by atoms with E-state index in [1.54, 1.807) is 0 Å². The van der Waals surface area contributed by atoms with Crippen LogP contribution in [0.15, 0.2) is 194 Å². The van der Waals surface area contributed by atoms with Gasteiger partial charge in [-0.3, -0.25) is 15.5 Å². The molecule has 0 saturated carbocycles. The smallest absolute Gasteiger partial charge is 0.151 e. The molecule has 264 valence electrons. The summed E-state index contributed by atoms with van der Waals surface area (Å²) in [5.41, 5.74) is 14.3. The molecule has 2 heterocycles. The molecule has 5 nitrogen and oxygen atoms in total. The summed E-state index contributed by atoms with van der Waals surface area (Å²) in [5.74, 6) is 1.65. The molecule has 0 amide bonds. The Bertz CT molecular complexity index is 3170. The van der Waals surface area contributed by atoms with Crippen molar-refractivity contribution in [3.63, 3.8) is 0 Å². The largest absolute Gasteiger partial charge is 0.453 e. The molecular weight excluding hydrogens is 685 g/mol. The first-order valence-corrected chi connectivity index (χ1v) is 18.9. The van der Waals surface area contributed by atoms with Crippen molar-refractivity contribution in [2.75, 3.05) is 10.3 Å². The van der Waals surface area contributed by atoms with E-state index in [-0.39, 0.29) is 0 Å². The number of nitrogens with one attached hydrogen (secondary N) is 2. The fourth-order valence-corrected chi connectivity index (χ4v) is 8.35. The highest BCUT2D eigenvalue weighted by molar-refractivity contribution is 6.22. The van der Waals surface area contributed by atoms with Gasteiger partial charge in [0.25, 0.3) is 0 Å². The first-order valence-electron chi connectivity index (χ1n) is 18.9. The van der Waals surface area contributed by atoms with Gasteiger partial charge in [-0.1, -0.05) is 140 Å². The first-order chi connectivity index (χ1) is 27.7. The maximum atomic E-state index is 9.39. The summed E-state index contributed by atoms with van der Waals surface area (Å²) in [6.45, 7) is 0. The highest BCUT2D eigenvalue weighted by Gasteiger charge is 2.26. The van der Waals surface area contributed by atoms with Crippen molar-refractivity contribution in [3.8, 4) is 22.6 Å². The lowest BCUT2D eigenvalue weighted by Gasteiger charge is -2.33. The van der Waals surface area contributed by atoms with Gasteiger partial charge in [-0.25, -0.2) is 0 Å². The third-order valence-electron chi connectivity index (χ3n) is 11.0. The molecule has 0 atom stereocenters. The second-order valence-corrected chi connectivity index (χ2v) is 14.2. The van der Waals surface area contributed by atoms with Gasteiger partial charge in [-0.15, -0.1) is 0 Å². The fourth-order valence-electron chi connectivity index (χ4n) is 8.35. The van der Waals surface area contributed by atoms with E-state index < -0.39 is 0 Å². The van der Waals surface area contributed by atoms with Crippen LogP contribution in [-0.2, 0) is 0 Å². The highest BCUT2D eigenvalue weighted by Crippen LogP contribution is 2.51. The number of hydrogen-bond donors (Lipinski definition) is 2. The number of benzene rings is 9. The van der Waals surface area contributed by atoms with E-state index in [1.165, 1.54) is 16.2 Å². The molecule has 0 saturated heterocycles. The van der Waals surface area contributed by atoms with Gasteiger partial charge >= 0.3 is 0 Å². The molecule has 1 aliphatic heterocycles. The monoisotopic (exact) mass is 718 g/mol. The molecule has 0 spiro atoms. The number of anilines is 4. The Morgan fingerprint density at radius 1 is 0.482 bits per heavy atom. The summed E-state index contributed by atoms with van der Waals surface area (Å²) < 4.78 is 8.68. The van der Waals surface area contributed by atoms with Crippen LogP contribution in [0.5, 0.6) is 11.5 Å². The predicted molar refractivity (Wildman–Crippen MR) is 232 cm³/mol. The quantitative estimate of drug-likeness (QED) is 0.168. The molecule has 9 aromatic carbocycles. The minimum Gasteiger partial charge on any atom is -0.453 e. The Balaban J connectivity index is 1.11. The Morgan fingerprint density at radius 3 is 1.95 bits per heavy atom. The van der Waals surface area contributed by atoms with E-state index in [1.807, 2.05) is 48.5 Å². The number of hydrogen-bond acceptors (Lipinski definition) is 4. The predicted octanol–water partition coefficient (Wildman–Crippen LogP) is 13.6. The molecule has 1 aliphatic rings. The van der Waals surface area contributed by atoms with Gasteiger partial charge in [-0.2, -0.15) is 0 Å². The molecule has 0 bridgehead atoms.